The van der Waals surface area contributed by atoms with E-state index in [0.717, 1.165) is 19.7 Å². The van der Waals surface area contributed by atoms with Gasteiger partial charge in [-0.2, -0.15) is 0 Å². The summed E-state index contributed by atoms with van der Waals surface area (Å²) in [5.74, 6) is 0.709. The summed E-state index contributed by atoms with van der Waals surface area (Å²) in [5, 5.41) is 3.52. The lowest BCUT2D eigenvalue weighted by molar-refractivity contribution is 0.152. The van der Waals surface area contributed by atoms with E-state index in [0.29, 0.717) is 12.0 Å². The van der Waals surface area contributed by atoms with Crippen LogP contribution in [0.3, 0.4) is 0 Å². The molecule has 0 spiro atoms. The molecule has 20 heavy (non-hydrogen) atoms. The largest absolute Gasteiger partial charge is 0.384 e. The van der Waals surface area contributed by atoms with Gasteiger partial charge in [-0.05, 0) is 30.0 Å². The number of hydrogen-bond donors (Lipinski definition) is 1. The molecule has 1 heterocycles. The Morgan fingerprint density at radius 1 is 1.30 bits per heavy atom. The van der Waals surface area contributed by atoms with Crippen molar-refractivity contribution in [2.24, 2.45) is 5.92 Å². The first-order chi connectivity index (χ1) is 9.69. The Hall–Kier alpha value is -0.900. The summed E-state index contributed by atoms with van der Waals surface area (Å²) in [6.45, 7) is 9.67. The highest BCUT2D eigenvalue weighted by molar-refractivity contribution is 5.27. The Morgan fingerprint density at radius 3 is 2.75 bits per heavy atom. The molecular formula is C17H28N2O. The van der Waals surface area contributed by atoms with E-state index in [4.69, 9.17) is 4.74 Å². The average Bonchev–Trinajstić information content (AvgIpc) is 2.85. The lowest BCUT2D eigenvalue weighted by Crippen LogP contribution is -2.25. The number of methoxy groups -OCH3 is 1. The zero-order chi connectivity index (χ0) is 14.4. The van der Waals surface area contributed by atoms with E-state index in [-0.39, 0.29) is 0 Å². The summed E-state index contributed by atoms with van der Waals surface area (Å²) < 4.78 is 5.28. The van der Waals surface area contributed by atoms with Crippen LogP contribution in [0.4, 0.5) is 0 Å². The molecule has 1 aliphatic heterocycles. The molecule has 0 saturated carbocycles. The number of ether oxygens (including phenoxy) is 1. The molecule has 0 amide bonds. The van der Waals surface area contributed by atoms with Crippen LogP contribution in [0.25, 0.3) is 0 Å². The second kappa shape index (κ2) is 7.77. The van der Waals surface area contributed by atoms with E-state index in [1.54, 1.807) is 7.11 Å². The first kappa shape index (κ1) is 15.5. The molecule has 1 fully saturated rings. The molecule has 3 heteroatoms. The molecule has 1 saturated heterocycles. The van der Waals surface area contributed by atoms with Gasteiger partial charge in [-0.15, -0.1) is 0 Å². The van der Waals surface area contributed by atoms with Crippen LogP contribution in [-0.2, 0) is 17.8 Å². The molecule has 1 aromatic rings. The van der Waals surface area contributed by atoms with Crippen LogP contribution in [-0.4, -0.2) is 37.7 Å². The Morgan fingerprint density at radius 2 is 2.05 bits per heavy atom. The highest BCUT2D eigenvalue weighted by Gasteiger charge is 2.22. The number of nitrogens with one attached hydrogen (secondary N) is 1. The lowest BCUT2D eigenvalue weighted by Gasteiger charge is -2.19. The number of rotatable bonds is 7. The van der Waals surface area contributed by atoms with Gasteiger partial charge in [-0.25, -0.2) is 0 Å². The highest BCUT2D eigenvalue weighted by atomic mass is 16.5. The fourth-order valence-corrected chi connectivity index (χ4v) is 2.87. The Bertz CT molecular complexity index is 406. The maximum Gasteiger partial charge on any atom is 0.0503 e. The van der Waals surface area contributed by atoms with Crippen molar-refractivity contribution < 1.29 is 4.74 Å². The molecule has 112 valence electrons. The van der Waals surface area contributed by atoms with Crippen molar-refractivity contribution in [2.45, 2.75) is 39.4 Å². The molecule has 0 aromatic heterocycles. The Balaban J connectivity index is 1.92. The van der Waals surface area contributed by atoms with E-state index in [1.165, 1.54) is 30.6 Å². The standard InChI is InChI=1S/C17H28N2O/c1-14(2)18-10-16-6-4-5-7-17(16)12-19-9-8-15(11-19)13-20-3/h4-7,14-15,18H,8-13H2,1-3H3. The van der Waals surface area contributed by atoms with E-state index >= 15 is 0 Å². The third kappa shape index (κ3) is 4.58. The third-order valence-electron chi connectivity index (χ3n) is 3.99. The fourth-order valence-electron chi connectivity index (χ4n) is 2.87. The maximum absolute atomic E-state index is 5.28. The van der Waals surface area contributed by atoms with Crippen LogP contribution in [0, 0.1) is 5.92 Å². The first-order valence-electron chi connectivity index (χ1n) is 7.70. The van der Waals surface area contributed by atoms with Crippen LogP contribution < -0.4 is 5.32 Å². The summed E-state index contributed by atoms with van der Waals surface area (Å²) in [6.07, 6.45) is 1.26. The van der Waals surface area contributed by atoms with Gasteiger partial charge in [-0.3, -0.25) is 4.90 Å². The van der Waals surface area contributed by atoms with Gasteiger partial charge < -0.3 is 10.1 Å². The SMILES string of the molecule is COCC1CCN(Cc2ccccc2CNC(C)C)C1. The molecule has 0 radical (unpaired) electrons. The van der Waals surface area contributed by atoms with Crippen LogP contribution in [0.2, 0.25) is 0 Å². The topological polar surface area (TPSA) is 24.5 Å². The number of likely N-dealkylation sites (tertiary alicyclic amines) is 1. The van der Waals surface area contributed by atoms with Gasteiger partial charge in [0, 0.05) is 32.8 Å². The van der Waals surface area contributed by atoms with Gasteiger partial charge in [0.25, 0.3) is 0 Å². The van der Waals surface area contributed by atoms with Gasteiger partial charge in [-0.1, -0.05) is 38.1 Å². The third-order valence-corrected chi connectivity index (χ3v) is 3.99. The highest BCUT2D eigenvalue weighted by Crippen LogP contribution is 2.20. The van der Waals surface area contributed by atoms with Crippen molar-refractivity contribution in [3.05, 3.63) is 35.4 Å². The fraction of sp³-hybridized carbons (Fsp3) is 0.647. The van der Waals surface area contributed by atoms with Gasteiger partial charge in [0.2, 0.25) is 0 Å². The number of nitrogens with zero attached hydrogens (tertiary/aromatic N) is 1. The minimum Gasteiger partial charge on any atom is -0.384 e. The van der Waals surface area contributed by atoms with Gasteiger partial charge in [0.15, 0.2) is 0 Å². The molecule has 0 aliphatic carbocycles. The van der Waals surface area contributed by atoms with Crippen molar-refractivity contribution >= 4 is 0 Å². The monoisotopic (exact) mass is 276 g/mol. The van der Waals surface area contributed by atoms with Crippen molar-refractivity contribution in [1.29, 1.82) is 0 Å². The van der Waals surface area contributed by atoms with Crippen molar-refractivity contribution in [2.75, 3.05) is 26.8 Å². The minimum atomic E-state index is 0.529. The van der Waals surface area contributed by atoms with Gasteiger partial charge in [0.05, 0.1) is 6.61 Å². The number of benzene rings is 1. The van der Waals surface area contributed by atoms with Crippen molar-refractivity contribution in [3.63, 3.8) is 0 Å². The van der Waals surface area contributed by atoms with Crippen LogP contribution in [0.1, 0.15) is 31.4 Å². The molecule has 0 bridgehead atoms. The molecule has 1 aliphatic rings. The Labute approximate surface area is 123 Å². The van der Waals surface area contributed by atoms with E-state index in [9.17, 15) is 0 Å². The molecule has 1 unspecified atom stereocenters. The zero-order valence-corrected chi connectivity index (χ0v) is 13.1. The molecule has 3 nitrogen and oxygen atoms in total. The maximum atomic E-state index is 5.28. The second-order valence-corrected chi connectivity index (χ2v) is 6.15. The first-order valence-corrected chi connectivity index (χ1v) is 7.70. The average molecular weight is 276 g/mol. The smallest absolute Gasteiger partial charge is 0.0503 e. The quantitative estimate of drug-likeness (QED) is 0.828. The van der Waals surface area contributed by atoms with Crippen LogP contribution in [0.15, 0.2) is 24.3 Å². The lowest BCUT2D eigenvalue weighted by atomic mass is 10.1. The van der Waals surface area contributed by atoms with Crippen molar-refractivity contribution in [3.8, 4) is 0 Å². The second-order valence-electron chi connectivity index (χ2n) is 6.15. The predicted octanol–water partition coefficient (Wildman–Crippen LogP) is 2.65. The number of hydrogen-bond acceptors (Lipinski definition) is 3. The molecule has 1 aromatic carbocycles. The summed E-state index contributed by atoms with van der Waals surface area (Å²) in [5.41, 5.74) is 2.88. The summed E-state index contributed by atoms with van der Waals surface area (Å²) in [6, 6.07) is 9.32. The summed E-state index contributed by atoms with van der Waals surface area (Å²) in [4.78, 5) is 2.55. The Kier molecular flexibility index (Phi) is 6.02. The van der Waals surface area contributed by atoms with E-state index in [2.05, 4.69) is 48.3 Å². The molecule has 1 atom stereocenters. The van der Waals surface area contributed by atoms with E-state index in [1.807, 2.05) is 0 Å². The van der Waals surface area contributed by atoms with Crippen LogP contribution >= 0.6 is 0 Å². The minimum absolute atomic E-state index is 0.529. The summed E-state index contributed by atoms with van der Waals surface area (Å²) >= 11 is 0. The molecule has 2 rings (SSSR count). The van der Waals surface area contributed by atoms with Gasteiger partial charge in [0.1, 0.15) is 0 Å². The molecule has 1 N–H and O–H groups in total. The normalized spacial score (nSPS) is 19.9. The predicted molar refractivity (Wildman–Crippen MR) is 83.7 cm³/mol. The zero-order valence-electron chi connectivity index (χ0n) is 13.1. The summed E-state index contributed by atoms with van der Waals surface area (Å²) in [7, 11) is 1.80. The molecular weight excluding hydrogens is 248 g/mol. The van der Waals surface area contributed by atoms with Gasteiger partial charge >= 0.3 is 0 Å². The van der Waals surface area contributed by atoms with Crippen molar-refractivity contribution in [1.82, 2.24) is 10.2 Å². The van der Waals surface area contributed by atoms with Crippen LogP contribution in [0.5, 0.6) is 0 Å². The van der Waals surface area contributed by atoms with E-state index < -0.39 is 0 Å².